The third kappa shape index (κ3) is 1.65. The molecule has 0 N–H and O–H groups in total. The lowest BCUT2D eigenvalue weighted by Gasteiger charge is -2.05. The van der Waals surface area contributed by atoms with E-state index in [4.69, 9.17) is 4.74 Å². The number of rotatable bonds is 2. The Morgan fingerprint density at radius 1 is 1.00 bits per heavy atom. The predicted octanol–water partition coefficient (Wildman–Crippen LogP) is 3.03. The molecule has 0 aliphatic rings. The van der Waals surface area contributed by atoms with Gasteiger partial charge in [-0.2, -0.15) is 4.98 Å². The van der Waals surface area contributed by atoms with Gasteiger partial charge in [-0.3, -0.25) is 0 Å². The summed E-state index contributed by atoms with van der Waals surface area (Å²) in [6, 6.07) is 16.1. The van der Waals surface area contributed by atoms with Crippen molar-refractivity contribution in [2.45, 2.75) is 0 Å². The van der Waals surface area contributed by atoms with E-state index >= 15 is 0 Å². The lowest BCUT2D eigenvalue weighted by Crippen LogP contribution is -1.94. The molecule has 3 nitrogen and oxygen atoms in total. The van der Waals surface area contributed by atoms with Crippen molar-refractivity contribution in [3.63, 3.8) is 0 Å². The van der Waals surface area contributed by atoms with Crippen LogP contribution in [-0.4, -0.2) is 16.7 Å². The number of methoxy groups -OCH3 is 1. The van der Waals surface area contributed by atoms with E-state index in [9.17, 15) is 0 Å². The highest BCUT2D eigenvalue weighted by atomic mass is 16.5. The SMILES string of the molecule is COc1ccc2ccn(-c3ccccc3)c2n1. The minimum absolute atomic E-state index is 0.633. The Hall–Kier alpha value is -2.29. The topological polar surface area (TPSA) is 27.1 Å². The number of ether oxygens (including phenoxy) is 1. The Kier molecular flexibility index (Phi) is 2.29. The molecule has 0 bridgehead atoms. The van der Waals surface area contributed by atoms with Crippen molar-refractivity contribution < 1.29 is 4.74 Å². The van der Waals surface area contributed by atoms with Gasteiger partial charge in [-0.15, -0.1) is 0 Å². The Bertz CT molecular complexity index is 644. The van der Waals surface area contributed by atoms with Crippen molar-refractivity contribution in [2.75, 3.05) is 7.11 Å². The highest BCUT2D eigenvalue weighted by Crippen LogP contribution is 2.21. The standard InChI is InChI=1S/C14H12N2O/c1-17-13-8-7-11-9-10-16(14(11)15-13)12-5-3-2-4-6-12/h2-10H,1H3. The number of benzene rings is 1. The molecule has 0 aliphatic carbocycles. The average molecular weight is 224 g/mol. The van der Waals surface area contributed by atoms with Crippen LogP contribution in [0.25, 0.3) is 16.7 Å². The number of para-hydroxylation sites is 1. The average Bonchev–Trinajstić information content (AvgIpc) is 2.82. The molecule has 17 heavy (non-hydrogen) atoms. The molecule has 0 aliphatic heterocycles. The Morgan fingerprint density at radius 3 is 2.59 bits per heavy atom. The van der Waals surface area contributed by atoms with Crippen LogP contribution < -0.4 is 4.74 Å². The number of fused-ring (bicyclic) bond motifs is 1. The highest BCUT2D eigenvalue weighted by molar-refractivity contribution is 5.78. The molecule has 0 saturated heterocycles. The van der Waals surface area contributed by atoms with Gasteiger partial charge in [-0.05, 0) is 24.3 Å². The van der Waals surface area contributed by atoms with E-state index in [2.05, 4.69) is 27.8 Å². The summed E-state index contributed by atoms with van der Waals surface area (Å²) in [5.41, 5.74) is 2.01. The first-order chi connectivity index (χ1) is 8.38. The fourth-order valence-electron chi connectivity index (χ4n) is 1.90. The smallest absolute Gasteiger partial charge is 0.214 e. The van der Waals surface area contributed by atoms with Gasteiger partial charge in [0.25, 0.3) is 0 Å². The van der Waals surface area contributed by atoms with E-state index in [0.717, 1.165) is 16.7 Å². The summed E-state index contributed by atoms with van der Waals surface area (Å²) in [6.45, 7) is 0. The Morgan fingerprint density at radius 2 is 1.82 bits per heavy atom. The summed E-state index contributed by atoms with van der Waals surface area (Å²) in [5, 5.41) is 1.11. The number of pyridine rings is 1. The maximum atomic E-state index is 5.16. The molecule has 3 rings (SSSR count). The fourth-order valence-corrected chi connectivity index (χ4v) is 1.90. The second kappa shape index (κ2) is 3.94. The van der Waals surface area contributed by atoms with E-state index < -0.39 is 0 Å². The predicted molar refractivity (Wildman–Crippen MR) is 67.6 cm³/mol. The lowest BCUT2D eigenvalue weighted by atomic mass is 10.3. The first-order valence-electron chi connectivity index (χ1n) is 5.46. The molecule has 0 saturated carbocycles. The van der Waals surface area contributed by atoms with Crippen LogP contribution >= 0.6 is 0 Å². The molecular formula is C14H12N2O. The number of nitrogens with zero attached hydrogens (tertiary/aromatic N) is 2. The summed E-state index contributed by atoms with van der Waals surface area (Å²) in [4.78, 5) is 4.47. The molecule has 3 aromatic rings. The Labute approximate surface area is 99.3 Å². The van der Waals surface area contributed by atoms with Crippen LogP contribution in [0, 0.1) is 0 Å². The molecule has 2 heterocycles. The van der Waals surface area contributed by atoms with Crippen LogP contribution in [0.1, 0.15) is 0 Å². The van der Waals surface area contributed by atoms with E-state index in [1.807, 2.05) is 36.5 Å². The first kappa shape index (κ1) is 9.90. The number of hydrogen-bond acceptors (Lipinski definition) is 2. The lowest BCUT2D eigenvalue weighted by molar-refractivity contribution is 0.399. The summed E-state index contributed by atoms with van der Waals surface area (Å²) in [6.07, 6.45) is 2.02. The van der Waals surface area contributed by atoms with Crippen LogP contribution in [0.3, 0.4) is 0 Å². The maximum absolute atomic E-state index is 5.16. The highest BCUT2D eigenvalue weighted by Gasteiger charge is 2.05. The molecule has 0 fully saturated rings. The molecule has 0 radical (unpaired) electrons. The monoisotopic (exact) mass is 224 g/mol. The van der Waals surface area contributed by atoms with Gasteiger partial charge in [0.1, 0.15) is 5.65 Å². The summed E-state index contributed by atoms with van der Waals surface area (Å²) in [7, 11) is 1.63. The Balaban J connectivity index is 2.23. The van der Waals surface area contributed by atoms with Gasteiger partial charge >= 0.3 is 0 Å². The second-order valence-electron chi connectivity index (χ2n) is 3.79. The normalized spacial score (nSPS) is 10.6. The molecule has 1 aromatic carbocycles. The van der Waals surface area contributed by atoms with Gasteiger partial charge in [0, 0.05) is 23.3 Å². The fraction of sp³-hybridized carbons (Fsp3) is 0.0714. The van der Waals surface area contributed by atoms with Crippen LogP contribution in [0.2, 0.25) is 0 Å². The van der Waals surface area contributed by atoms with Crippen LogP contribution in [0.5, 0.6) is 5.88 Å². The molecule has 0 unspecified atom stereocenters. The van der Waals surface area contributed by atoms with Crippen molar-refractivity contribution >= 4 is 11.0 Å². The van der Waals surface area contributed by atoms with E-state index in [-0.39, 0.29) is 0 Å². The largest absolute Gasteiger partial charge is 0.481 e. The summed E-state index contributed by atoms with van der Waals surface area (Å²) < 4.78 is 7.21. The molecule has 0 spiro atoms. The van der Waals surface area contributed by atoms with Crippen molar-refractivity contribution in [1.29, 1.82) is 0 Å². The summed E-state index contributed by atoms with van der Waals surface area (Å²) in [5.74, 6) is 0.633. The van der Waals surface area contributed by atoms with Crippen molar-refractivity contribution in [3.8, 4) is 11.6 Å². The van der Waals surface area contributed by atoms with Crippen molar-refractivity contribution in [1.82, 2.24) is 9.55 Å². The van der Waals surface area contributed by atoms with Gasteiger partial charge in [-0.25, -0.2) is 0 Å². The van der Waals surface area contributed by atoms with Crippen molar-refractivity contribution in [2.24, 2.45) is 0 Å². The first-order valence-corrected chi connectivity index (χ1v) is 5.46. The van der Waals surface area contributed by atoms with Gasteiger partial charge in [0.05, 0.1) is 7.11 Å². The van der Waals surface area contributed by atoms with Crippen LogP contribution in [0.4, 0.5) is 0 Å². The third-order valence-electron chi connectivity index (χ3n) is 2.75. The van der Waals surface area contributed by atoms with E-state index in [1.54, 1.807) is 7.11 Å². The van der Waals surface area contributed by atoms with Gasteiger partial charge in [0.15, 0.2) is 0 Å². The minimum atomic E-state index is 0.633. The van der Waals surface area contributed by atoms with Gasteiger partial charge in [-0.1, -0.05) is 18.2 Å². The number of hydrogen-bond donors (Lipinski definition) is 0. The zero-order valence-electron chi connectivity index (χ0n) is 9.50. The molecule has 2 aromatic heterocycles. The third-order valence-corrected chi connectivity index (χ3v) is 2.75. The molecule has 0 atom stereocenters. The van der Waals surface area contributed by atoms with Gasteiger partial charge in [0.2, 0.25) is 5.88 Å². The quantitative estimate of drug-likeness (QED) is 0.669. The molecule has 84 valence electrons. The minimum Gasteiger partial charge on any atom is -0.481 e. The maximum Gasteiger partial charge on any atom is 0.214 e. The molecule has 0 amide bonds. The second-order valence-corrected chi connectivity index (χ2v) is 3.79. The van der Waals surface area contributed by atoms with Crippen LogP contribution in [-0.2, 0) is 0 Å². The zero-order valence-corrected chi connectivity index (χ0v) is 9.50. The van der Waals surface area contributed by atoms with Crippen molar-refractivity contribution in [3.05, 3.63) is 54.7 Å². The zero-order chi connectivity index (χ0) is 11.7. The number of aromatic nitrogens is 2. The molecule has 3 heteroatoms. The summed E-state index contributed by atoms with van der Waals surface area (Å²) >= 11 is 0. The van der Waals surface area contributed by atoms with E-state index in [0.29, 0.717) is 5.88 Å². The molecular weight excluding hydrogens is 212 g/mol. The van der Waals surface area contributed by atoms with Gasteiger partial charge < -0.3 is 9.30 Å². The van der Waals surface area contributed by atoms with Crippen LogP contribution in [0.15, 0.2) is 54.7 Å². The van der Waals surface area contributed by atoms with E-state index in [1.165, 1.54) is 0 Å².